The van der Waals surface area contributed by atoms with Gasteiger partial charge in [-0.15, -0.1) is 0 Å². The molecule has 0 aromatic rings. The fraction of sp³-hybridized carbons (Fsp3) is 0.708. The molecule has 0 saturated heterocycles. The molecular formula is C72H122O6. The minimum absolute atomic E-state index is 0.0963. The van der Waals surface area contributed by atoms with Gasteiger partial charge in [0.25, 0.3) is 0 Å². The summed E-state index contributed by atoms with van der Waals surface area (Å²) in [6.45, 7) is 6.50. The number of carbonyl (C=O) groups is 3. The van der Waals surface area contributed by atoms with E-state index in [-0.39, 0.29) is 31.1 Å². The van der Waals surface area contributed by atoms with Crippen LogP contribution in [0.2, 0.25) is 0 Å². The lowest BCUT2D eigenvalue weighted by atomic mass is 10.1. The molecule has 0 heterocycles. The average Bonchev–Trinajstić information content (AvgIpc) is 3.44. The third-order valence-corrected chi connectivity index (χ3v) is 14.0. The number of ether oxygens (including phenoxy) is 3. The van der Waals surface area contributed by atoms with E-state index in [1.807, 2.05) is 0 Å². The first-order valence-electron chi connectivity index (χ1n) is 32.9. The summed E-state index contributed by atoms with van der Waals surface area (Å²) in [5, 5.41) is 0. The molecule has 0 aliphatic rings. The normalized spacial score (nSPS) is 12.8. The number of carbonyl (C=O) groups excluding carboxylic acids is 3. The van der Waals surface area contributed by atoms with Crippen LogP contribution in [0.4, 0.5) is 0 Å². The Hall–Kier alpha value is -3.93. The minimum atomic E-state index is -0.804. The van der Waals surface area contributed by atoms with Crippen molar-refractivity contribution in [3.8, 4) is 0 Å². The Morgan fingerprint density at radius 3 is 0.821 bits per heavy atom. The molecule has 78 heavy (non-hydrogen) atoms. The SMILES string of the molecule is CC/C=C\C/C=C\C/C=C\C/C=C\C/C=C\C/C=C\CCCCC(=O)OCC(COC(=O)CCCCCCCCC/C=C\CCCCCCCCC)OC(=O)CCCCCCCCCCC/C=C\C/C=C\CCCCCCC. The molecule has 1 atom stereocenters. The van der Waals surface area contributed by atoms with E-state index in [2.05, 4.69) is 130 Å². The van der Waals surface area contributed by atoms with Crippen LogP contribution >= 0.6 is 0 Å². The van der Waals surface area contributed by atoms with Crippen LogP contribution in [0, 0.1) is 0 Å². The van der Waals surface area contributed by atoms with Crippen LogP contribution in [0.5, 0.6) is 0 Å². The van der Waals surface area contributed by atoms with Crippen molar-refractivity contribution in [3.63, 3.8) is 0 Å². The van der Waals surface area contributed by atoms with Crippen molar-refractivity contribution >= 4 is 17.9 Å². The lowest BCUT2D eigenvalue weighted by Crippen LogP contribution is -2.30. The Balaban J connectivity index is 4.48. The molecule has 0 aliphatic heterocycles. The fourth-order valence-corrected chi connectivity index (χ4v) is 9.06. The van der Waals surface area contributed by atoms with Crippen LogP contribution in [0.3, 0.4) is 0 Å². The molecule has 1 unspecified atom stereocenters. The molecule has 6 nitrogen and oxygen atoms in total. The van der Waals surface area contributed by atoms with Gasteiger partial charge in [-0.2, -0.15) is 0 Å². The highest BCUT2D eigenvalue weighted by Crippen LogP contribution is 2.15. The zero-order valence-electron chi connectivity index (χ0n) is 51.2. The maximum atomic E-state index is 12.9. The Morgan fingerprint density at radius 1 is 0.269 bits per heavy atom. The van der Waals surface area contributed by atoms with Crippen LogP contribution in [-0.4, -0.2) is 37.2 Å². The number of esters is 3. The first-order valence-corrected chi connectivity index (χ1v) is 32.9. The quantitative estimate of drug-likeness (QED) is 0.0261. The van der Waals surface area contributed by atoms with Gasteiger partial charge in [0.2, 0.25) is 0 Å². The maximum Gasteiger partial charge on any atom is 0.306 e. The summed E-state index contributed by atoms with van der Waals surface area (Å²) >= 11 is 0. The van der Waals surface area contributed by atoms with Crippen molar-refractivity contribution in [2.45, 2.75) is 316 Å². The van der Waals surface area contributed by atoms with E-state index in [0.717, 1.165) is 103 Å². The third kappa shape index (κ3) is 62.9. The number of rotatable bonds is 59. The number of hydrogen-bond donors (Lipinski definition) is 0. The van der Waals surface area contributed by atoms with Gasteiger partial charge in [-0.05, 0) is 128 Å². The Bertz CT molecular complexity index is 1570. The van der Waals surface area contributed by atoms with E-state index < -0.39 is 6.10 Å². The van der Waals surface area contributed by atoms with Crippen molar-refractivity contribution in [1.29, 1.82) is 0 Å². The predicted octanol–water partition coefficient (Wildman–Crippen LogP) is 22.6. The molecule has 0 aromatic heterocycles. The zero-order valence-corrected chi connectivity index (χ0v) is 51.2. The van der Waals surface area contributed by atoms with Gasteiger partial charge in [-0.3, -0.25) is 14.4 Å². The molecule has 0 amide bonds. The zero-order chi connectivity index (χ0) is 56.4. The molecule has 0 spiro atoms. The summed E-state index contributed by atoms with van der Waals surface area (Å²) in [6.07, 6.45) is 89.5. The van der Waals surface area contributed by atoms with Gasteiger partial charge >= 0.3 is 17.9 Å². The van der Waals surface area contributed by atoms with Gasteiger partial charge in [0, 0.05) is 19.3 Å². The second-order valence-electron chi connectivity index (χ2n) is 21.6. The standard InChI is InChI=1S/C72H122O6/c1-4-7-10-13-16-19-22-25-28-31-34-36-38-41-44-47-50-53-56-59-62-65-71(74)77-68-69(67-76-70(73)64-61-58-55-52-49-46-43-40-33-30-27-24-21-18-15-12-9-6-3)78-72(75)66-63-60-57-54-51-48-45-42-39-37-35-32-29-26-23-20-17-14-11-8-5-2/h7,10,16,19,23,25-26,28,30,32-36,41,44,50,53,69H,4-6,8-9,11-15,17-18,20-22,24,27,29,31,37-40,42-43,45-49,51-52,54-68H2,1-3H3/b10-7-,19-16-,26-23-,28-25-,33-30-,35-32-,36-34-,44-41-,53-50-. The smallest absolute Gasteiger partial charge is 0.306 e. The first kappa shape index (κ1) is 74.1. The van der Waals surface area contributed by atoms with Crippen molar-refractivity contribution in [2.24, 2.45) is 0 Å². The van der Waals surface area contributed by atoms with Crippen LogP contribution in [0.25, 0.3) is 0 Å². The number of unbranched alkanes of at least 4 members (excludes halogenated alkanes) is 30. The monoisotopic (exact) mass is 1080 g/mol. The molecule has 0 rings (SSSR count). The van der Waals surface area contributed by atoms with Crippen molar-refractivity contribution in [3.05, 3.63) is 109 Å². The van der Waals surface area contributed by atoms with Crippen molar-refractivity contribution in [1.82, 2.24) is 0 Å². The third-order valence-electron chi connectivity index (χ3n) is 14.0. The number of allylic oxidation sites excluding steroid dienone is 18. The van der Waals surface area contributed by atoms with Crippen molar-refractivity contribution < 1.29 is 28.6 Å². The summed E-state index contributed by atoms with van der Waals surface area (Å²) in [6, 6.07) is 0. The van der Waals surface area contributed by atoms with Crippen LogP contribution < -0.4 is 0 Å². The van der Waals surface area contributed by atoms with Gasteiger partial charge in [0.05, 0.1) is 0 Å². The first-order chi connectivity index (χ1) is 38.5. The van der Waals surface area contributed by atoms with E-state index in [4.69, 9.17) is 14.2 Å². The molecule has 0 radical (unpaired) electrons. The molecule has 446 valence electrons. The van der Waals surface area contributed by atoms with E-state index in [9.17, 15) is 14.4 Å². The van der Waals surface area contributed by atoms with Crippen molar-refractivity contribution in [2.75, 3.05) is 13.2 Å². The highest BCUT2D eigenvalue weighted by molar-refractivity contribution is 5.71. The van der Waals surface area contributed by atoms with E-state index in [1.54, 1.807) is 0 Å². The summed E-state index contributed by atoms with van der Waals surface area (Å²) in [4.78, 5) is 38.4. The Morgan fingerprint density at radius 2 is 0.500 bits per heavy atom. The van der Waals surface area contributed by atoms with E-state index in [1.165, 1.54) is 167 Å². The highest BCUT2D eigenvalue weighted by Gasteiger charge is 2.19. The lowest BCUT2D eigenvalue weighted by molar-refractivity contribution is -0.167. The minimum Gasteiger partial charge on any atom is -0.462 e. The van der Waals surface area contributed by atoms with E-state index >= 15 is 0 Å². The molecule has 0 saturated carbocycles. The van der Waals surface area contributed by atoms with Gasteiger partial charge in [-0.1, -0.05) is 271 Å². The summed E-state index contributed by atoms with van der Waals surface area (Å²) in [5.41, 5.74) is 0. The van der Waals surface area contributed by atoms with Gasteiger partial charge in [0.1, 0.15) is 13.2 Å². The second kappa shape index (κ2) is 65.6. The molecule has 6 heteroatoms. The molecular weight excluding hydrogens is 961 g/mol. The maximum absolute atomic E-state index is 12.9. The summed E-state index contributed by atoms with van der Waals surface area (Å²) in [7, 11) is 0. The van der Waals surface area contributed by atoms with Gasteiger partial charge in [0.15, 0.2) is 6.10 Å². The summed E-state index contributed by atoms with van der Waals surface area (Å²) < 4.78 is 16.9. The summed E-state index contributed by atoms with van der Waals surface area (Å²) in [5.74, 6) is -0.941. The molecule has 0 N–H and O–H groups in total. The Kier molecular flexibility index (Phi) is 62.3. The molecule has 0 bridgehead atoms. The van der Waals surface area contributed by atoms with E-state index in [0.29, 0.717) is 19.3 Å². The second-order valence-corrected chi connectivity index (χ2v) is 21.6. The van der Waals surface area contributed by atoms with Crippen LogP contribution in [0.1, 0.15) is 310 Å². The molecule has 0 aromatic carbocycles. The molecule has 0 fully saturated rings. The fourth-order valence-electron chi connectivity index (χ4n) is 9.06. The van der Waals surface area contributed by atoms with Gasteiger partial charge < -0.3 is 14.2 Å². The lowest BCUT2D eigenvalue weighted by Gasteiger charge is -2.18. The van der Waals surface area contributed by atoms with Crippen LogP contribution in [-0.2, 0) is 28.6 Å². The predicted molar refractivity (Wildman–Crippen MR) is 339 cm³/mol. The molecule has 0 aliphatic carbocycles. The number of hydrogen-bond acceptors (Lipinski definition) is 6. The largest absolute Gasteiger partial charge is 0.462 e. The Labute approximate surface area is 482 Å². The highest BCUT2D eigenvalue weighted by atomic mass is 16.6. The van der Waals surface area contributed by atoms with Gasteiger partial charge in [-0.25, -0.2) is 0 Å². The topological polar surface area (TPSA) is 78.9 Å². The average molecular weight is 1080 g/mol. The van der Waals surface area contributed by atoms with Crippen LogP contribution in [0.15, 0.2) is 109 Å².